The number of nitrogen functional groups attached to an aromatic ring is 1. The fourth-order valence-corrected chi connectivity index (χ4v) is 4.72. The van der Waals surface area contributed by atoms with Crippen molar-refractivity contribution in [1.29, 1.82) is 0 Å². The normalized spacial score (nSPS) is 14.7. The minimum Gasteiger partial charge on any atom is -0.399 e. The molecule has 2 aromatic carbocycles. The highest BCUT2D eigenvalue weighted by Gasteiger charge is 2.45. The highest BCUT2D eigenvalue weighted by Crippen LogP contribution is 2.42. The fraction of sp³-hybridized carbons (Fsp3) is 0.346. The first kappa shape index (κ1) is 27.1. The summed E-state index contributed by atoms with van der Waals surface area (Å²) in [5.74, 6) is 0.183. The molecular weight excluding hydrogens is 474 g/mol. The number of benzene rings is 2. The number of rotatable bonds is 6. The van der Waals surface area contributed by atoms with Crippen molar-refractivity contribution < 1.29 is 9.59 Å². The third kappa shape index (κ3) is 5.34. The number of aryl methyl sites for hydroxylation is 1. The SMILES string of the molecule is CN(C)C[C@@H](NC(=O)N1Cc2c(NC(=O)c3ccc(N)cc3)nn(C)c2C1(C)C)c1ccccc1.S. The van der Waals surface area contributed by atoms with E-state index in [2.05, 4.69) is 20.6 Å². The molecule has 9 nitrogen and oxygen atoms in total. The van der Waals surface area contributed by atoms with Crippen LogP contribution < -0.4 is 16.4 Å². The zero-order valence-corrected chi connectivity index (χ0v) is 22.4. The van der Waals surface area contributed by atoms with Crippen molar-refractivity contribution in [1.82, 2.24) is 24.9 Å². The van der Waals surface area contributed by atoms with Crippen LogP contribution in [0.5, 0.6) is 0 Å². The number of hydrogen-bond donors (Lipinski definition) is 3. The van der Waals surface area contributed by atoms with Gasteiger partial charge in [-0.1, -0.05) is 30.3 Å². The molecule has 4 N–H and O–H groups in total. The Bertz CT molecular complexity index is 1220. The van der Waals surface area contributed by atoms with Crippen LogP contribution in [0.3, 0.4) is 0 Å². The quantitative estimate of drug-likeness (QED) is 0.441. The van der Waals surface area contributed by atoms with Crippen LogP contribution in [-0.4, -0.2) is 52.2 Å². The van der Waals surface area contributed by atoms with Crippen molar-refractivity contribution in [3.8, 4) is 0 Å². The van der Waals surface area contributed by atoms with Crippen LogP contribution in [0.4, 0.5) is 16.3 Å². The van der Waals surface area contributed by atoms with Crippen molar-refractivity contribution in [3.63, 3.8) is 0 Å². The number of carbonyl (C=O) groups is 2. The summed E-state index contributed by atoms with van der Waals surface area (Å²) in [7, 11) is 5.80. The van der Waals surface area contributed by atoms with Crippen LogP contribution in [0.2, 0.25) is 0 Å². The molecular formula is C26H35N7O2S. The average Bonchev–Trinajstić information content (AvgIpc) is 3.27. The summed E-state index contributed by atoms with van der Waals surface area (Å²) in [6.45, 7) is 4.99. The van der Waals surface area contributed by atoms with Gasteiger partial charge >= 0.3 is 6.03 Å². The molecule has 4 rings (SSSR count). The first-order chi connectivity index (χ1) is 16.6. The molecule has 0 aliphatic carbocycles. The number of carbonyl (C=O) groups excluding carboxylic acids is 2. The number of hydrogen-bond acceptors (Lipinski definition) is 5. The Labute approximate surface area is 219 Å². The van der Waals surface area contributed by atoms with E-state index in [0.717, 1.165) is 16.8 Å². The van der Waals surface area contributed by atoms with Gasteiger partial charge in [0.05, 0.1) is 23.8 Å². The second-order valence-corrected chi connectivity index (χ2v) is 9.70. The predicted molar refractivity (Wildman–Crippen MR) is 147 cm³/mol. The van der Waals surface area contributed by atoms with E-state index in [1.54, 1.807) is 33.8 Å². The Morgan fingerprint density at radius 3 is 2.36 bits per heavy atom. The Morgan fingerprint density at radius 2 is 1.75 bits per heavy atom. The van der Waals surface area contributed by atoms with E-state index in [9.17, 15) is 9.59 Å². The lowest BCUT2D eigenvalue weighted by Gasteiger charge is -2.34. The number of aromatic nitrogens is 2. The molecule has 10 heteroatoms. The summed E-state index contributed by atoms with van der Waals surface area (Å²) < 4.78 is 1.75. The molecule has 2 heterocycles. The number of nitrogens with one attached hydrogen (secondary N) is 2. The zero-order chi connectivity index (χ0) is 25.3. The molecule has 0 saturated heterocycles. The van der Waals surface area contributed by atoms with Gasteiger partial charge in [-0.15, -0.1) is 0 Å². The molecule has 0 unspecified atom stereocenters. The lowest BCUT2D eigenvalue weighted by atomic mass is 10.0. The smallest absolute Gasteiger partial charge is 0.319 e. The van der Waals surface area contributed by atoms with Crippen LogP contribution in [-0.2, 0) is 19.1 Å². The van der Waals surface area contributed by atoms with Crippen LogP contribution in [0.1, 0.15) is 47.1 Å². The van der Waals surface area contributed by atoms with Gasteiger partial charge in [0.2, 0.25) is 0 Å². The van der Waals surface area contributed by atoms with E-state index in [1.807, 2.05) is 65.3 Å². The Kier molecular flexibility index (Phi) is 8.00. The van der Waals surface area contributed by atoms with Crippen LogP contribution in [0.25, 0.3) is 0 Å². The standard InChI is InChI=1S/C26H33N7O2.H2S/c1-26(2)22-20(23(30-32(22)5)29-24(34)18-11-13-19(27)14-12-18)15-33(26)25(35)28-21(16-31(3)4)17-9-7-6-8-10-17;/h6-14,21H,15-16,27H2,1-5H3,(H,28,35)(H,29,30,34);1H2/t21-;/m1./s1. The molecule has 1 aliphatic rings. The number of nitrogens with zero attached hydrogens (tertiary/aromatic N) is 4. The fourth-order valence-electron chi connectivity index (χ4n) is 4.72. The number of anilines is 2. The molecule has 3 aromatic rings. The number of urea groups is 1. The minimum atomic E-state index is -0.620. The van der Waals surface area contributed by atoms with Gasteiger partial charge in [-0.05, 0) is 57.8 Å². The molecule has 1 aromatic heterocycles. The number of amides is 3. The lowest BCUT2D eigenvalue weighted by Crippen LogP contribution is -2.49. The topological polar surface area (TPSA) is 109 Å². The van der Waals surface area contributed by atoms with Gasteiger partial charge in [0.15, 0.2) is 5.82 Å². The maximum atomic E-state index is 13.6. The number of likely N-dealkylation sites (N-methyl/N-ethyl adjacent to an activating group) is 1. The summed E-state index contributed by atoms with van der Waals surface area (Å²) in [5.41, 5.74) is 8.96. The monoisotopic (exact) mass is 509 g/mol. The van der Waals surface area contributed by atoms with Crippen LogP contribution >= 0.6 is 13.5 Å². The molecule has 0 radical (unpaired) electrons. The maximum Gasteiger partial charge on any atom is 0.319 e. The first-order valence-corrected chi connectivity index (χ1v) is 11.6. The molecule has 1 atom stereocenters. The molecule has 192 valence electrons. The van der Waals surface area contributed by atoms with E-state index in [-0.39, 0.29) is 31.5 Å². The summed E-state index contributed by atoms with van der Waals surface area (Å²) in [6.07, 6.45) is 0. The van der Waals surface area contributed by atoms with Crippen molar-refractivity contribution in [2.75, 3.05) is 31.7 Å². The molecule has 36 heavy (non-hydrogen) atoms. The van der Waals surface area contributed by atoms with E-state index in [4.69, 9.17) is 5.73 Å². The summed E-state index contributed by atoms with van der Waals surface area (Å²) in [5, 5.41) is 10.7. The average molecular weight is 510 g/mol. The Hall–Kier alpha value is -3.50. The Morgan fingerprint density at radius 1 is 1.11 bits per heavy atom. The lowest BCUT2D eigenvalue weighted by molar-refractivity contribution is 0.102. The minimum absolute atomic E-state index is 0. The van der Waals surface area contributed by atoms with Crippen LogP contribution in [0.15, 0.2) is 54.6 Å². The summed E-state index contributed by atoms with van der Waals surface area (Å²) in [4.78, 5) is 30.2. The third-order valence-electron chi connectivity index (χ3n) is 6.41. The van der Waals surface area contributed by atoms with Crippen molar-refractivity contribution in [2.45, 2.75) is 32.0 Å². The molecule has 0 fully saturated rings. The molecule has 0 saturated carbocycles. The Balaban J connectivity index is 0.00000361. The second kappa shape index (κ2) is 10.6. The summed E-state index contributed by atoms with van der Waals surface area (Å²) in [6, 6.07) is 16.3. The van der Waals surface area contributed by atoms with Gasteiger partial charge in [-0.3, -0.25) is 9.48 Å². The zero-order valence-electron chi connectivity index (χ0n) is 21.4. The van der Waals surface area contributed by atoms with Crippen molar-refractivity contribution in [3.05, 3.63) is 77.0 Å². The van der Waals surface area contributed by atoms with E-state index in [1.165, 1.54) is 0 Å². The van der Waals surface area contributed by atoms with Crippen molar-refractivity contribution >= 4 is 36.9 Å². The molecule has 0 bridgehead atoms. The van der Waals surface area contributed by atoms with Gasteiger partial charge in [-0.25, -0.2) is 4.79 Å². The van der Waals surface area contributed by atoms with Gasteiger partial charge in [0, 0.05) is 30.4 Å². The summed E-state index contributed by atoms with van der Waals surface area (Å²) >= 11 is 0. The van der Waals surface area contributed by atoms with Gasteiger partial charge in [0.25, 0.3) is 5.91 Å². The van der Waals surface area contributed by atoms with Gasteiger partial charge in [-0.2, -0.15) is 18.6 Å². The highest BCUT2D eigenvalue weighted by atomic mass is 32.1. The van der Waals surface area contributed by atoms with E-state index < -0.39 is 5.54 Å². The number of nitrogens with two attached hydrogens (primary N) is 1. The van der Waals surface area contributed by atoms with Crippen molar-refractivity contribution in [2.24, 2.45) is 7.05 Å². The predicted octanol–water partition coefficient (Wildman–Crippen LogP) is 3.43. The van der Waals surface area contributed by atoms with Crippen LogP contribution in [0, 0.1) is 0 Å². The second-order valence-electron chi connectivity index (χ2n) is 9.70. The van der Waals surface area contributed by atoms with E-state index in [0.29, 0.717) is 30.2 Å². The maximum absolute atomic E-state index is 13.6. The van der Waals surface area contributed by atoms with Gasteiger partial charge in [0.1, 0.15) is 0 Å². The third-order valence-corrected chi connectivity index (χ3v) is 6.41. The molecule has 3 amide bonds. The molecule has 1 aliphatic heterocycles. The number of fused-ring (bicyclic) bond motifs is 1. The largest absolute Gasteiger partial charge is 0.399 e. The highest BCUT2D eigenvalue weighted by molar-refractivity contribution is 7.59. The van der Waals surface area contributed by atoms with E-state index >= 15 is 0 Å². The molecule has 0 spiro atoms. The van der Waals surface area contributed by atoms with Gasteiger partial charge < -0.3 is 26.2 Å². The first-order valence-electron chi connectivity index (χ1n) is 11.6.